The second kappa shape index (κ2) is 6.37. The molecule has 1 aromatic rings. The highest BCUT2D eigenvalue weighted by molar-refractivity contribution is 7.89. The number of rotatable bonds is 5. The van der Waals surface area contributed by atoms with Crippen molar-refractivity contribution in [3.63, 3.8) is 0 Å². The Morgan fingerprint density at radius 3 is 2.20 bits per heavy atom. The maximum Gasteiger partial charge on any atom is 0.255 e. The van der Waals surface area contributed by atoms with Gasteiger partial charge in [0, 0.05) is 13.1 Å². The van der Waals surface area contributed by atoms with Crippen LogP contribution in [0, 0.1) is 0 Å². The van der Waals surface area contributed by atoms with Crippen molar-refractivity contribution in [2.45, 2.75) is 38.5 Å². The van der Waals surface area contributed by atoms with E-state index in [9.17, 15) is 13.2 Å². The third-order valence-corrected chi connectivity index (χ3v) is 4.20. The number of hydrogen-bond donors (Lipinski definition) is 1. The van der Waals surface area contributed by atoms with Crippen molar-refractivity contribution >= 4 is 15.9 Å². The smallest absolute Gasteiger partial charge is 0.255 e. The lowest BCUT2D eigenvalue weighted by molar-refractivity contribution is 0.0767. The van der Waals surface area contributed by atoms with Gasteiger partial charge in [0.2, 0.25) is 10.0 Å². The number of nitrogens with zero attached hydrogens (tertiary/aromatic N) is 1. The van der Waals surface area contributed by atoms with Crippen molar-refractivity contribution in [1.82, 2.24) is 4.90 Å². The van der Waals surface area contributed by atoms with Crippen molar-refractivity contribution in [3.8, 4) is 0 Å². The van der Waals surface area contributed by atoms with Crippen molar-refractivity contribution in [1.29, 1.82) is 0 Å². The van der Waals surface area contributed by atoms with Gasteiger partial charge in [0.05, 0.1) is 10.5 Å². The Morgan fingerprint density at radius 2 is 1.80 bits per heavy atom. The van der Waals surface area contributed by atoms with E-state index in [0.717, 1.165) is 0 Å². The van der Waals surface area contributed by atoms with Gasteiger partial charge in [-0.25, -0.2) is 13.6 Å². The van der Waals surface area contributed by atoms with Crippen LogP contribution in [-0.4, -0.2) is 32.3 Å². The van der Waals surface area contributed by atoms with Crippen LogP contribution < -0.4 is 5.14 Å². The molecule has 0 saturated carbocycles. The van der Waals surface area contributed by atoms with E-state index in [-0.39, 0.29) is 22.3 Å². The maximum atomic E-state index is 12.6. The number of nitrogens with two attached hydrogens (primary N) is 1. The van der Waals surface area contributed by atoms with E-state index in [1.807, 2.05) is 27.7 Å². The van der Waals surface area contributed by atoms with E-state index in [0.29, 0.717) is 18.7 Å². The molecular weight excluding hydrogens is 276 g/mol. The Morgan fingerprint density at radius 1 is 1.25 bits per heavy atom. The topological polar surface area (TPSA) is 80.5 Å². The third kappa shape index (κ3) is 3.37. The molecule has 1 amide bonds. The quantitative estimate of drug-likeness (QED) is 0.902. The molecule has 2 N–H and O–H groups in total. The van der Waals surface area contributed by atoms with Crippen LogP contribution in [0.5, 0.6) is 0 Å². The van der Waals surface area contributed by atoms with Gasteiger partial charge in [-0.1, -0.05) is 26.0 Å². The average molecular weight is 298 g/mol. The first-order valence-electron chi connectivity index (χ1n) is 6.68. The number of hydrogen-bond acceptors (Lipinski definition) is 3. The monoisotopic (exact) mass is 298 g/mol. The van der Waals surface area contributed by atoms with Crippen molar-refractivity contribution < 1.29 is 13.2 Å². The van der Waals surface area contributed by atoms with Crippen molar-refractivity contribution in [2.24, 2.45) is 5.14 Å². The normalized spacial score (nSPS) is 11.7. The van der Waals surface area contributed by atoms with E-state index < -0.39 is 10.0 Å². The minimum atomic E-state index is -3.93. The molecule has 0 bridgehead atoms. The van der Waals surface area contributed by atoms with Crippen LogP contribution in [0.2, 0.25) is 0 Å². The number of benzene rings is 1. The fourth-order valence-corrected chi connectivity index (χ4v) is 2.92. The molecule has 1 aromatic carbocycles. The number of primary sulfonamides is 1. The lowest BCUT2D eigenvalue weighted by Gasteiger charge is -2.23. The van der Waals surface area contributed by atoms with Gasteiger partial charge in [-0.3, -0.25) is 4.79 Å². The Bertz CT molecular complexity index is 590. The Balaban J connectivity index is 3.59. The maximum absolute atomic E-state index is 12.6. The van der Waals surface area contributed by atoms with Gasteiger partial charge in [-0.2, -0.15) is 0 Å². The van der Waals surface area contributed by atoms with Crippen LogP contribution in [0.1, 0.15) is 49.5 Å². The molecule has 1 rings (SSSR count). The first kappa shape index (κ1) is 16.7. The first-order chi connectivity index (χ1) is 9.23. The van der Waals surface area contributed by atoms with E-state index in [1.165, 1.54) is 6.07 Å². The molecule has 0 aliphatic rings. The molecule has 6 heteroatoms. The Hall–Kier alpha value is -1.40. The summed E-state index contributed by atoms with van der Waals surface area (Å²) in [7, 11) is -3.93. The average Bonchev–Trinajstić information content (AvgIpc) is 2.37. The molecule has 0 aliphatic carbocycles. The van der Waals surface area contributed by atoms with Crippen molar-refractivity contribution in [2.75, 3.05) is 13.1 Å². The molecule has 0 fully saturated rings. The summed E-state index contributed by atoms with van der Waals surface area (Å²) >= 11 is 0. The minimum absolute atomic E-state index is 0.0335. The molecule has 20 heavy (non-hydrogen) atoms. The van der Waals surface area contributed by atoms with Gasteiger partial charge in [0.25, 0.3) is 5.91 Å². The number of carbonyl (C=O) groups is 1. The summed E-state index contributed by atoms with van der Waals surface area (Å²) in [6, 6.07) is 4.78. The fraction of sp³-hybridized carbons (Fsp3) is 0.500. The minimum Gasteiger partial charge on any atom is -0.339 e. The van der Waals surface area contributed by atoms with Gasteiger partial charge < -0.3 is 4.90 Å². The molecule has 0 aliphatic heterocycles. The predicted octanol–water partition coefficient (Wildman–Crippen LogP) is 1.94. The summed E-state index contributed by atoms with van der Waals surface area (Å²) in [6.07, 6.45) is 0. The molecule has 5 nitrogen and oxygen atoms in total. The molecule has 0 heterocycles. The van der Waals surface area contributed by atoms with Crippen LogP contribution in [0.4, 0.5) is 0 Å². The van der Waals surface area contributed by atoms with Gasteiger partial charge >= 0.3 is 0 Å². The summed E-state index contributed by atoms with van der Waals surface area (Å²) in [5, 5.41) is 5.25. The SMILES string of the molecule is CCN(CC)C(=O)c1c(C(C)C)cccc1S(N)(=O)=O. The van der Waals surface area contributed by atoms with Crippen LogP contribution in [0.3, 0.4) is 0 Å². The van der Waals surface area contributed by atoms with Gasteiger partial charge in [-0.05, 0) is 31.4 Å². The van der Waals surface area contributed by atoms with E-state index in [4.69, 9.17) is 5.14 Å². The molecule has 0 saturated heterocycles. The summed E-state index contributed by atoms with van der Waals surface area (Å²) in [5.74, 6) is -0.255. The Kier molecular flexibility index (Phi) is 5.30. The number of amides is 1. The zero-order valence-electron chi connectivity index (χ0n) is 12.4. The van der Waals surface area contributed by atoms with E-state index >= 15 is 0 Å². The molecule has 0 aromatic heterocycles. The number of carbonyl (C=O) groups excluding carboxylic acids is 1. The first-order valence-corrected chi connectivity index (χ1v) is 8.23. The van der Waals surface area contributed by atoms with Gasteiger partial charge in [0.1, 0.15) is 0 Å². The second-order valence-electron chi connectivity index (χ2n) is 4.90. The van der Waals surface area contributed by atoms with Gasteiger partial charge in [-0.15, -0.1) is 0 Å². The van der Waals surface area contributed by atoms with E-state index in [2.05, 4.69) is 0 Å². The second-order valence-corrected chi connectivity index (χ2v) is 6.43. The van der Waals surface area contributed by atoms with Crippen LogP contribution in [0.25, 0.3) is 0 Å². The van der Waals surface area contributed by atoms with Crippen LogP contribution >= 0.6 is 0 Å². The summed E-state index contributed by atoms with van der Waals surface area (Å²) < 4.78 is 23.5. The van der Waals surface area contributed by atoms with Gasteiger partial charge in [0.15, 0.2) is 0 Å². The fourth-order valence-electron chi connectivity index (χ4n) is 2.16. The summed E-state index contributed by atoms with van der Waals surface area (Å²) in [4.78, 5) is 14.1. The summed E-state index contributed by atoms with van der Waals surface area (Å²) in [6.45, 7) is 8.59. The van der Waals surface area contributed by atoms with Crippen molar-refractivity contribution in [3.05, 3.63) is 29.3 Å². The van der Waals surface area contributed by atoms with Crippen LogP contribution in [0.15, 0.2) is 23.1 Å². The lowest BCUT2D eigenvalue weighted by atomic mass is 9.96. The lowest BCUT2D eigenvalue weighted by Crippen LogP contribution is -2.33. The molecule has 112 valence electrons. The molecular formula is C14H22N2O3S. The zero-order valence-corrected chi connectivity index (χ0v) is 13.2. The molecule has 0 spiro atoms. The zero-order chi connectivity index (χ0) is 15.5. The highest BCUT2D eigenvalue weighted by Crippen LogP contribution is 2.26. The predicted molar refractivity (Wildman–Crippen MR) is 79.2 cm³/mol. The molecule has 0 radical (unpaired) electrons. The standard InChI is InChI=1S/C14H22N2O3S/c1-5-16(6-2)14(17)13-11(10(3)4)8-7-9-12(13)20(15,18)19/h7-10H,5-6H2,1-4H3,(H2,15,18,19). The molecule has 0 atom stereocenters. The number of sulfonamides is 1. The molecule has 0 unspecified atom stereocenters. The summed E-state index contributed by atoms with van der Waals surface area (Å²) in [5.41, 5.74) is 0.905. The third-order valence-electron chi connectivity index (χ3n) is 3.25. The van der Waals surface area contributed by atoms with E-state index in [1.54, 1.807) is 17.0 Å². The highest BCUT2D eigenvalue weighted by Gasteiger charge is 2.26. The highest BCUT2D eigenvalue weighted by atomic mass is 32.2. The largest absolute Gasteiger partial charge is 0.339 e. The Labute approximate surface area is 120 Å². The van der Waals surface area contributed by atoms with Crippen LogP contribution in [-0.2, 0) is 10.0 Å².